The second kappa shape index (κ2) is 10.4. The Morgan fingerprint density at radius 1 is 1.12 bits per heavy atom. The lowest BCUT2D eigenvalue weighted by molar-refractivity contribution is -0.119. The molecule has 0 saturated heterocycles. The summed E-state index contributed by atoms with van der Waals surface area (Å²) in [6.45, 7) is 6.65. The van der Waals surface area contributed by atoms with E-state index < -0.39 is 0 Å². The first-order chi connectivity index (χ1) is 16.4. The summed E-state index contributed by atoms with van der Waals surface area (Å²) in [5.74, 6) is 0.273. The van der Waals surface area contributed by atoms with Crippen LogP contribution in [0.5, 0.6) is 0 Å². The molecular weight excluding hydrogens is 453 g/mol. The molecule has 0 aliphatic rings. The topological polar surface area (TPSA) is 81.3 Å². The van der Waals surface area contributed by atoms with Crippen molar-refractivity contribution in [1.29, 1.82) is 0 Å². The van der Waals surface area contributed by atoms with Crippen LogP contribution in [0, 0.1) is 11.7 Å². The van der Waals surface area contributed by atoms with Crippen molar-refractivity contribution in [2.45, 2.75) is 51.4 Å². The maximum Gasteiger partial charge on any atom is 0.262 e. The maximum absolute atomic E-state index is 13.3. The summed E-state index contributed by atoms with van der Waals surface area (Å²) in [5.41, 5.74) is 1.49. The molecule has 4 aromatic rings. The van der Waals surface area contributed by atoms with Gasteiger partial charge >= 0.3 is 0 Å². The number of carbonyl (C=O) groups excluding carboxylic acids is 1. The average Bonchev–Trinajstić information content (AvgIpc) is 3.26. The molecule has 0 fully saturated rings. The Labute approximate surface area is 201 Å². The minimum atomic E-state index is -0.309. The van der Waals surface area contributed by atoms with E-state index in [1.54, 1.807) is 22.8 Å². The normalized spacial score (nSPS) is 12.5. The molecule has 0 saturated carbocycles. The molecule has 4 rings (SSSR count). The van der Waals surface area contributed by atoms with Gasteiger partial charge in [0.15, 0.2) is 5.16 Å². The number of aryl methyl sites for hydroxylation is 1. The number of halogens is 1. The van der Waals surface area contributed by atoms with Crippen LogP contribution in [0.25, 0.3) is 16.7 Å². The number of para-hydroxylation sites is 1. The fraction of sp³-hybridized carbons (Fsp3) is 0.360. The second-order valence-corrected chi connectivity index (χ2v) is 9.52. The monoisotopic (exact) mass is 481 g/mol. The molecule has 0 spiro atoms. The van der Waals surface area contributed by atoms with Crippen LogP contribution >= 0.6 is 11.8 Å². The summed E-state index contributed by atoms with van der Waals surface area (Å²) in [4.78, 5) is 25.9. The molecule has 2 aromatic heterocycles. The van der Waals surface area contributed by atoms with Crippen LogP contribution in [0.15, 0.2) is 58.5 Å². The highest BCUT2D eigenvalue weighted by molar-refractivity contribution is 7.99. The summed E-state index contributed by atoms with van der Waals surface area (Å²) < 4.78 is 16.8. The van der Waals surface area contributed by atoms with Crippen LogP contribution in [0.4, 0.5) is 4.39 Å². The van der Waals surface area contributed by atoms with Crippen molar-refractivity contribution in [3.8, 4) is 0 Å². The zero-order chi connectivity index (χ0) is 24.2. The van der Waals surface area contributed by atoms with E-state index in [9.17, 15) is 14.0 Å². The summed E-state index contributed by atoms with van der Waals surface area (Å²) in [5, 5.41) is 12.8. The number of carbonyl (C=O) groups is 1. The molecule has 1 amide bonds. The largest absolute Gasteiger partial charge is 0.348 e. The fourth-order valence-corrected chi connectivity index (χ4v) is 4.75. The summed E-state index contributed by atoms with van der Waals surface area (Å²) in [7, 11) is 0. The Kier molecular flexibility index (Phi) is 7.31. The molecule has 2 aromatic carbocycles. The summed E-state index contributed by atoms with van der Waals surface area (Å²) in [6.07, 6.45) is 1.80. The smallest absolute Gasteiger partial charge is 0.262 e. The van der Waals surface area contributed by atoms with Crippen molar-refractivity contribution in [2.24, 2.45) is 5.92 Å². The van der Waals surface area contributed by atoms with E-state index in [-0.39, 0.29) is 35.0 Å². The van der Waals surface area contributed by atoms with Crippen molar-refractivity contribution >= 4 is 34.3 Å². The first kappa shape index (κ1) is 23.9. The molecule has 9 heteroatoms. The highest BCUT2D eigenvalue weighted by Gasteiger charge is 2.21. The molecule has 0 radical (unpaired) electrons. The van der Waals surface area contributed by atoms with Crippen LogP contribution in [-0.2, 0) is 11.3 Å². The quantitative estimate of drug-likeness (QED) is 0.354. The van der Waals surface area contributed by atoms with Crippen LogP contribution < -0.4 is 10.9 Å². The molecule has 34 heavy (non-hydrogen) atoms. The minimum Gasteiger partial charge on any atom is -0.348 e. The molecule has 1 N–H and O–H groups in total. The van der Waals surface area contributed by atoms with Crippen molar-refractivity contribution in [3.05, 3.63) is 70.3 Å². The van der Waals surface area contributed by atoms with Crippen molar-refractivity contribution in [1.82, 2.24) is 24.5 Å². The fourth-order valence-electron chi connectivity index (χ4n) is 4.00. The van der Waals surface area contributed by atoms with Gasteiger partial charge in [0.1, 0.15) is 5.82 Å². The number of nitrogens with zero attached hydrogens (tertiary/aromatic N) is 4. The minimum absolute atomic E-state index is 0.0858. The van der Waals surface area contributed by atoms with E-state index in [2.05, 4.69) is 22.4 Å². The molecular formula is C25H28FN5O2S. The predicted molar refractivity (Wildman–Crippen MR) is 133 cm³/mol. The van der Waals surface area contributed by atoms with E-state index in [4.69, 9.17) is 0 Å². The Balaban J connectivity index is 1.60. The number of nitrogens with one attached hydrogen (secondary N) is 1. The number of benzene rings is 2. The van der Waals surface area contributed by atoms with Gasteiger partial charge in [0.05, 0.1) is 22.7 Å². The van der Waals surface area contributed by atoms with Gasteiger partial charge in [0, 0.05) is 6.54 Å². The third-order valence-electron chi connectivity index (χ3n) is 5.76. The van der Waals surface area contributed by atoms with Crippen molar-refractivity contribution in [2.75, 3.05) is 5.75 Å². The van der Waals surface area contributed by atoms with E-state index in [0.29, 0.717) is 22.9 Å². The summed E-state index contributed by atoms with van der Waals surface area (Å²) >= 11 is 1.27. The molecule has 0 bridgehead atoms. The molecule has 1 unspecified atom stereocenters. The van der Waals surface area contributed by atoms with Crippen molar-refractivity contribution < 1.29 is 9.18 Å². The number of aromatic nitrogens is 4. The first-order valence-electron chi connectivity index (χ1n) is 11.4. The van der Waals surface area contributed by atoms with Crippen LogP contribution in [-0.4, -0.2) is 30.8 Å². The number of hydrogen-bond donors (Lipinski definition) is 1. The third kappa shape index (κ3) is 4.84. The standard InChI is InChI=1S/C25H28FN5O2S/c1-4-5-14-30-23(33)19-8-6-7-9-20(19)31-24(30)28-29-25(31)34-15-21(32)27-22(16(2)3)17-10-12-18(26)13-11-17/h6-13,16,22H,4-5,14-15H2,1-3H3,(H,27,32). The Morgan fingerprint density at radius 2 is 1.85 bits per heavy atom. The maximum atomic E-state index is 13.3. The van der Waals surface area contributed by atoms with Crippen LogP contribution in [0.3, 0.4) is 0 Å². The van der Waals surface area contributed by atoms with Gasteiger partial charge in [-0.05, 0) is 42.2 Å². The van der Waals surface area contributed by atoms with E-state index in [0.717, 1.165) is 23.9 Å². The lowest BCUT2D eigenvalue weighted by Crippen LogP contribution is -2.33. The lowest BCUT2D eigenvalue weighted by Gasteiger charge is -2.23. The van der Waals surface area contributed by atoms with Gasteiger partial charge in [-0.3, -0.25) is 18.6 Å². The Morgan fingerprint density at radius 3 is 2.56 bits per heavy atom. The van der Waals surface area contributed by atoms with Gasteiger partial charge in [-0.25, -0.2) is 4.39 Å². The van der Waals surface area contributed by atoms with E-state index in [1.165, 1.54) is 23.9 Å². The van der Waals surface area contributed by atoms with Gasteiger partial charge in [0.2, 0.25) is 11.7 Å². The first-order valence-corrected chi connectivity index (χ1v) is 12.4. The predicted octanol–water partition coefficient (Wildman–Crippen LogP) is 4.59. The van der Waals surface area contributed by atoms with Gasteiger partial charge in [-0.1, -0.05) is 63.2 Å². The van der Waals surface area contributed by atoms with Crippen LogP contribution in [0.1, 0.15) is 45.2 Å². The number of thioether (sulfide) groups is 1. The lowest BCUT2D eigenvalue weighted by atomic mass is 9.96. The average molecular weight is 482 g/mol. The van der Waals surface area contributed by atoms with Gasteiger partial charge in [-0.15, -0.1) is 10.2 Å². The Hall–Kier alpha value is -3.20. The van der Waals surface area contributed by atoms with Crippen molar-refractivity contribution in [3.63, 3.8) is 0 Å². The SMILES string of the molecule is CCCCn1c(=O)c2ccccc2n2c(SCC(=O)NC(c3ccc(F)cc3)C(C)C)nnc12. The number of fused-ring (bicyclic) bond motifs is 3. The number of rotatable bonds is 9. The highest BCUT2D eigenvalue weighted by atomic mass is 32.2. The van der Waals surface area contributed by atoms with Gasteiger partial charge in [-0.2, -0.15) is 0 Å². The number of hydrogen-bond acceptors (Lipinski definition) is 5. The van der Waals surface area contributed by atoms with E-state index >= 15 is 0 Å². The van der Waals surface area contributed by atoms with Gasteiger partial charge < -0.3 is 5.32 Å². The third-order valence-corrected chi connectivity index (χ3v) is 6.69. The number of amides is 1. The molecule has 178 valence electrons. The zero-order valence-corrected chi connectivity index (χ0v) is 20.3. The molecule has 7 nitrogen and oxygen atoms in total. The molecule has 0 aliphatic carbocycles. The molecule has 1 atom stereocenters. The number of unbranched alkanes of at least 4 members (excludes halogenated alkanes) is 1. The van der Waals surface area contributed by atoms with Crippen LogP contribution in [0.2, 0.25) is 0 Å². The summed E-state index contributed by atoms with van der Waals surface area (Å²) in [6, 6.07) is 13.3. The molecule has 2 heterocycles. The molecule has 0 aliphatic heterocycles. The second-order valence-electron chi connectivity index (χ2n) is 8.57. The highest BCUT2D eigenvalue weighted by Crippen LogP contribution is 2.24. The van der Waals surface area contributed by atoms with E-state index in [1.807, 2.05) is 36.4 Å². The Bertz CT molecular complexity index is 1360. The zero-order valence-electron chi connectivity index (χ0n) is 19.5. The van der Waals surface area contributed by atoms with Gasteiger partial charge in [0.25, 0.3) is 5.56 Å².